The Kier molecular flexibility index (Phi) is 3.76. The lowest BCUT2D eigenvalue weighted by Gasteiger charge is -2.16. The fourth-order valence-corrected chi connectivity index (χ4v) is 1.81. The van der Waals surface area contributed by atoms with Gasteiger partial charge in [0.05, 0.1) is 11.3 Å². The number of anilines is 1. The third kappa shape index (κ3) is 2.92. The van der Waals surface area contributed by atoms with Crippen molar-refractivity contribution in [2.75, 3.05) is 11.9 Å². The molecule has 1 amide bonds. The molecule has 0 atom stereocenters. The third-order valence-corrected chi connectivity index (χ3v) is 3.08. The van der Waals surface area contributed by atoms with Crippen molar-refractivity contribution in [3.05, 3.63) is 41.5 Å². The molecular weight excluding hydrogens is 266 g/mol. The average molecular weight is 283 g/mol. The van der Waals surface area contributed by atoms with Crippen LogP contribution in [0.5, 0.6) is 0 Å². The van der Waals surface area contributed by atoms with Crippen LogP contribution in [-0.2, 0) is 5.41 Å². The van der Waals surface area contributed by atoms with E-state index in [0.29, 0.717) is 17.1 Å². The van der Waals surface area contributed by atoms with E-state index in [9.17, 15) is 4.79 Å². The van der Waals surface area contributed by atoms with Gasteiger partial charge in [0.15, 0.2) is 0 Å². The second-order valence-electron chi connectivity index (χ2n) is 5.75. The molecular formula is C15H17N5O. The zero-order valence-electron chi connectivity index (χ0n) is 12.5. The van der Waals surface area contributed by atoms with E-state index in [1.54, 1.807) is 31.3 Å². The number of nitrogens with zero attached hydrogens (tertiary/aromatic N) is 4. The minimum Gasteiger partial charge on any atom is -0.307 e. The van der Waals surface area contributed by atoms with E-state index in [1.807, 2.05) is 20.8 Å². The van der Waals surface area contributed by atoms with Crippen molar-refractivity contribution in [3.8, 4) is 6.07 Å². The maximum Gasteiger partial charge on any atom is 0.297 e. The number of nitriles is 1. The number of carbonyl (C=O) groups is 1. The highest BCUT2D eigenvalue weighted by Gasteiger charge is 2.24. The summed E-state index contributed by atoms with van der Waals surface area (Å²) in [6.45, 7) is 5.95. The quantitative estimate of drug-likeness (QED) is 0.915. The number of nitrogens with one attached hydrogen (secondary N) is 1. The van der Waals surface area contributed by atoms with Crippen molar-refractivity contribution in [2.45, 2.75) is 26.2 Å². The number of carbonyl (C=O) groups excluding carboxylic acids is 1. The third-order valence-electron chi connectivity index (χ3n) is 3.08. The Morgan fingerprint density at radius 1 is 1.33 bits per heavy atom. The monoisotopic (exact) mass is 283 g/mol. The van der Waals surface area contributed by atoms with Crippen molar-refractivity contribution in [3.63, 3.8) is 0 Å². The number of hydrogen-bond acceptors (Lipinski definition) is 4. The van der Waals surface area contributed by atoms with Crippen molar-refractivity contribution in [1.82, 2.24) is 15.2 Å². The summed E-state index contributed by atoms with van der Waals surface area (Å²) in [6.07, 6.45) is 0. The van der Waals surface area contributed by atoms with E-state index in [0.717, 1.165) is 0 Å². The summed E-state index contributed by atoms with van der Waals surface area (Å²) in [6, 6.07) is 8.98. The summed E-state index contributed by atoms with van der Waals surface area (Å²) in [5, 5.41) is 15.9. The molecule has 0 aliphatic heterocycles. The first kappa shape index (κ1) is 14.7. The normalized spacial score (nSPS) is 11.0. The molecule has 0 saturated heterocycles. The molecule has 2 aromatic rings. The smallest absolute Gasteiger partial charge is 0.297 e. The van der Waals surface area contributed by atoms with Gasteiger partial charge in [-0.3, -0.25) is 9.89 Å². The molecule has 0 saturated carbocycles. The van der Waals surface area contributed by atoms with Gasteiger partial charge in [-0.1, -0.05) is 32.9 Å². The molecule has 0 aliphatic carbocycles. The molecule has 1 N–H and O–H groups in total. The molecule has 1 aromatic heterocycles. The van der Waals surface area contributed by atoms with Crippen molar-refractivity contribution in [2.24, 2.45) is 0 Å². The summed E-state index contributed by atoms with van der Waals surface area (Å²) in [7, 11) is 1.60. The van der Waals surface area contributed by atoms with Crippen LogP contribution in [0.1, 0.15) is 42.8 Å². The van der Waals surface area contributed by atoms with Gasteiger partial charge in [-0.2, -0.15) is 5.26 Å². The maximum atomic E-state index is 12.4. The van der Waals surface area contributed by atoms with Gasteiger partial charge in [0.25, 0.3) is 5.91 Å². The summed E-state index contributed by atoms with van der Waals surface area (Å²) in [5.74, 6) is 0.382. The highest BCUT2D eigenvalue weighted by Crippen LogP contribution is 2.21. The number of benzene rings is 1. The predicted molar refractivity (Wildman–Crippen MR) is 79.0 cm³/mol. The lowest BCUT2D eigenvalue weighted by molar-refractivity contribution is 0.0983. The van der Waals surface area contributed by atoms with Crippen LogP contribution in [0.25, 0.3) is 0 Å². The van der Waals surface area contributed by atoms with Crippen molar-refractivity contribution in [1.29, 1.82) is 5.26 Å². The minimum atomic E-state index is -0.357. The molecule has 108 valence electrons. The molecule has 0 unspecified atom stereocenters. The molecule has 0 radical (unpaired) electrons. The van der Waals surface area contributed by atoms with Crippen molar-refractivity contribution >= 4 is 11.6 Å². The van der Waals surface area contributed by atoms with Crippen LogP contribution in [0.15, 0.2) is 24.3 Å². The first-order valence-corrected chi connectivity index (χ1v) is 6.54. The van der Waals surface area contributed by atoms with Gasteiger partial charge >= 0.3 is 0 Å². The zero-order valence-corrected chi connectivity index (χ0v) is 12.5. The Bertz CT molecular complexity index is 705. The zero-order chi connectivity index (χ0) is 15.6. The van der Waals surface area contributed by atoms with Gasteiger partial charge in [0.1, 0.15) is 11.9 Å². The summed E-state index contributed by atoms with van der Waals surface area (Å²) >= 11 is 0. The standard InChI is InChI=1S/C15H17N5O/c1-15(2,3)14-17-12(18-19-14)13(21)20(4)11-8-6-5-7-10(11)9-16/h5-8H,1-4H3,(H,17,18,19). The first-order chi connectivity index (χ1) is 9.84. The van der Waals surface area contributed by atoms with Gasteiger partial charge in [-0.15, -0.1) is 5.10 Å². The second-order valence-corrected chi connectivity index (χ2v) is 5.75. The van der Waals surface area contributed by atoms with E-state index in [4.69, 9.17) is 5.26 Å². The minimum absolute atomic E-state index is 0.0927. The lowest BCUT2D eigenvalue weighted by atomic mass is 9.96. The first-order valence-electron chi connectivity index (χ1n) is 6.54. The average Bonchev–Trinajstić information content (AvgIpc) is 2.95. The highest BCUT2D eigenvalue weighted by atomic mass is 16.2. The Morgan fingerprint density at radius 2 is 2.00 bits per heavy atom. The molecule has 6 heteroatoms. The van der Waals surface area contributed by atoms with E-state index >= 15 is 0 Å². The van der Waals surface area contributed by atoms with E-state index in [2.05, 4.69) is 21.3 Å². The molecule has 0 aliphatic rings. The number of rotatable bonds is 2. The van der Waals surface area contributed by atoms with Gasteiger partial charge in [0.2, 0.25) is 5.82 Å². The Labute approximate surface area is 123 Å². The topological polar surface area (TPSA) is 85.7 Å². The lowest BCUT2D eigenvalue weighted by Crippen LogP contribution is -2.28. The van der Waals surface area contributed by atoms with Gasteiger partial charge < -0.3 is 4.90 Å². The van der Waals surface area contributed by atoms with Crippen molar-refractivity contribution < 1.29 is 4.79 Å². The number of hydrogen-bond donors (Lipinski definition) is 1. The van der Waals surface area contributed by atoms with Gasteiger partial charge in [-0.25, -0.2) is 4.98 Å². The second kappa shape index (κ2) is 5.37. The molecule has 0 bridgehead atoms. The number of aromatic nitrogens is 3. The molecule has 6 nitrogen and oxygen atoms in total. The number of aromatic amines is 1. The fraction of sp³-hybridized carbons (Fsp3) is 0.333. The summed E-state index contributed by atoms with van der Waals surface area (Å²) in [5.41, 5.74) is 0.751. The Morgan fingerprint density at radius 3 is 2.57 bits per heavy atom. The maximum absolute atomic E-state index is 12.4. The predicted octanol–water partition coefficient (Wildman–Crippen LogP) is 2.25. The van der Waals surface area contributed by atoms with Crippen LogP contribution in [0, 0.1) is 11.3 Å². The van der Waals surface area contributed by atoms with Crippen LogP contribution in [0.4, 0.5) is 5.69 Å². The summed E-state index contributed by atoms with van der Waals surface area (Å²) < 4.78 is 0. The Balaban J connectivity index is 2.32. The Hall–Kier alpha value is -2.68. The molecule has 2 rings (SSSR count). The fourth-order valence-electron chi connectivity index (χ4n) is 1.81. The van der Waals surface area contributed by atoms with Crippen LogP contribution in [0.2, 0.25) is 0 Å². The highest BCUT2D eigenvalue weighted by molar-refractivity contribution is 6.03. The molecule has 21 heavy (non-hydrogen) atoms. The van der Waals surface area contributed by atoms with Gasteiger partial charge in [-0.05, 0) is 12.1 Å². The largest absolute Gasteiger partial charge is 0.307 e. The van der Waals surface area contributed by atoms with E-state index < -0.39 is 0 Å². The van der Waals surface area contributed by atoms with E-state index in [-0.39, 0.29) is 17.1 Å². The molecule has 0 fully saturated rings. The summed E-state index contributed by atoms with van der Waals surface area (Å²) in [4.78, 5) is 18.1. The molecule has 1 aromatic carbocycles. The number of amides is 1. The number of para-hydroxylation sites is 1. The van der Waals surface area contributed by atoms with Crippen LogP contribution in [0.3, 0.4) is 0 Å². The van der Waals surface area contributed by atoms with E-state index in [1.165, 1.54) is 4.90 Å². The van der Waals surface area contributed by atoms with Gasteiger partial charge in [0, 0.05) is 12.5 Å². The number of H-pyrrole nitrogens is 1. The van der Waals surface area contributed by atoms with Crippen LogP contribution < -0.4 is 4.90 Å². The van der Waals surface area contributed by atoms with Crippen LogP contribution >= 0.6 is 0 Å². The molecule has 1 heterocycles. The molecule has 0 spiro atoms. The SMILES string of the molecule is CN(C(=O)c1n[nH]c(C(C)(C)C)n1)c1ccccc1C#N. The van der Waals surface area contributed by atoms with Crippen LogP contribution in [-0.4, -0.2) is 28.1 Å².